The van der Waals surface area contributed by atoms with Crippen molar-refractivity contribution in [3.05, 3.63) is 64.2 Å². The van der Waals surface area contributed by atoms with E-state index in [1.54, 1.807) is 19.2 Å². The molecule has 1 aliphatic rings. The maximum absolute atomic E-state index is 10.7. The Kier molecular flexibility index (Phi) is 4.83. The predicted octanol–water partition coefficient (Wildman–Crippen LogP) is 3.56. The zero-order valence-electron chi connectivity index (χ0n) is 13.9. The van der Waals surface area contributed by atoms with E-state index < -0.39 is 4.92 Å². The summed E-state index contributed by atoms with van der Waals surface area (Å²) >= 11 is 0. The molecule has 0 amide bonds. The Balaban J connectivity index is 1.59. The van der Waals surface area contributed by atoms with Crippen LogP contribution < -0.4 is 9.47 Å². The molecule has 0 saturated carbocycles. The van der Waals surface area contributed by atoms with Crippen LogP contribution in [-0.2, 0) is 4.84 Å². The van der Waals surface area contributed by atoms with Gasteiger partial charge in [0.1, 0.15) is 17.6 Å². The first-order valence-electron chi connectivity index (χ1n) is 7.85. The highest BCUT2D eigenvalue weighted by atomic mass is 16.7. The number of nitro groups is 1. The molecule has 0 radical (unpaired) electrons. The molecule has 0 spiro atoms. The molecule has 130 valence electrons. The molecule has 0 N–H and O–H groups in total. The van der Waals surface area contributed by atoms with Gasteiger partial charge < -0.3 is 14.3 Å². The van der Waals surface area contributed by atoms with E-state index in [1.165, 1.54) is 12.1 Å². The molecule has 2 aromatic rings. The number of hydrogen-bond donors (Lipinski definition) is 0. The topological polar surface area (TPSA) is 83.2 Å². The van der Waals surface area contributed by atoms with Gasteiger partial charge >= 0.3 is 0 Å². The molecule has 0 saturated heterocycles. The molecular formula is C18H18N2O5. The summed E-state index contributed by atoms with van der Waals surface area (Å²) in [6, 6.07) is 13.6. The Morgan fingerprint density at radius 1 is 1.16 bits per heavy atom. The van der Waals surface area contributed by atoms with Crippen molar-refractivity contribution < 1.29 is 19.2 Å². The van der Waals surface area contributed by atoms with Gasteiger partial charge in [-0.2, -0.15) is 0 Å². The van der Waals surface area contributed by atoms with E-state index in [1.807, 2.05) is 31.2 Å². The smallest absolute Gasteiger partial charge is 0.269 e. The van der Waals surface area contributed by atoms with Crippen LogP contribution in [0.25, 0.3) is 0 Å². The SMILES string of the molecule is COc1ccc(O[C@@H](C)[C@H]2CC(c3ccc([N+](=O)[O-])cc3)=NO2)cc1. The van der Waals surface area contributed by atoms with Crippen LogP contribution in [0, 0.1) is 10.1 Å². The van der Waals surface area contributed by atoms with Gasteiger partial charge in [0.05, 0.1) is 17.7 Å². The van der Waals surface area contributed by atoms with Gasteiger partial charge in [-0.05, 0) is 48.9 Å². The number of non-ortho nitro benzene ring substituents is 1. The molecule has 0 bridgehead atoms. The quantitative estimate of drug-likeness (QED) is 0.592. The van der Waals surface area contributed by atoms with Crippen molar-refractivity contribution in [2.45, 2.75) is 25.6 Å². The lowest BCUT2D eigenvalue weighted by Gasteiger charge is -2.19. The van der Waals surface area contributed by atoms with Gasteiger partial charge in [0, 0.05) is 18.6 Å². The molecule has 0 unspecified atom stereocenters. The average Bonchev–Trinajstić information content (AvgIpc) is 3.13. The number of hydrogen-bond acceptors (Lipinski definition) is 6. The zero-order valence-corrected chi connectivity index (χ0v) is 13.9. The summed E-state index contributed by atoms with van der Waals surface area (Å²) in [6.07, 6.45) is 0.162. The van der Waals surface area contributed by atoms with Gasteiger partial charge in [0.25, 0.3) is 5.69 Å². The second kappa shape index (κ2) is 7.21. The summed E-state index contributed by atoms with van der Waals surface area (Å²) in [4.78, 5) is 15.8. The maximum Gasteiger partial charge on any atom is 0.269 e. The molecule has 0 aromatic heterocycles. The molecule has 1 heterocycles. The van der Waals surface area contributed by atoms with E-state index >= 15 is 0 Å². The number of nitro benzene ring substituents is 1. The van der Waals surface area contributed by atoms with Crippen LogP contribution in [0.3, 0.4) is 0 Å². The molecule has 1 aliphatic heterocycles. The standard InChI is InChI=1S/C18H18N2O5/c1-12(24-16-9-7-15(23-2)8-10-16)18-11-17(19-25-18)13-3-5-14(6-4-13)20(21)22/h3-10,12,18H,11H2,1-2H3/t12-,18+/m0/s1. The number of methoxy groups -OCH3 is 1. The fraction of sp³-hybridized carbons (Fsp3) is 0.278. The lowest BCUT2D eigenvalue weighted by molar-refractivity contribution is -0.384. The minimum absolute atomic E-state index is 0.0519. The van der Waals surface area contributed by atoms with Crippen molar-refractivity contribution in [1.29, 1.82) is 0 Å². The number of nitrogens with zero attached hydrogens (tertiary/aromatic N) is 2. The number of benzene rings is 2. The first-order valence-corrected chi connectivity index (χ1v) is 7.85. The van der Waals surface area contributed by atoms with Crippen molar-refractivity contribution in [3.63, 3.8) is 0 Å². The molecule has 2 atom stereocenters. The molecule has 0 fully saturated rings. The Morgan fingerprint density at radius 2 is 1.80 bits per heavy atom. The monoisotopic (exact) mass is 342 g/mol. The second-order valence-electron chi connectivity index (χ2n) is 5.69. The largest absolute Gasteiger partial charge is 0.497 e. The van der Waals surface area contributed by atoms with Crippen molar-refractivity contribution in [3.8, 4) is 11.5 Å². The molecule has 25 heavy (non-hydrogen) atoms. The van der Waals surface area contributed by atoms with Crippen molar-refractivity contribution in [2.24, 2.45) is 5.16 Å². The Hall–Kier alpha value is -3.09. The van der Waals surface area contributed by atoms with Crippen LogP contribution in [-0.4, -0.2) is 30.0 Å². The summed E-state index contributed by atoms with van der Waals surface area (Å²) in [7, 11) is 1.61. The highest BCUT2D eigenvalue weighted by molar-refractivity contribution is 6.01. The number of rotatable bonds is 6. The Morgan fingerprint density at radius 3 is 2.40 bits per heavy atom. The van der Waals surface area contributed by atoms with Crippen LogP contribution in [0.5, 0.6) is 11.5 Å². The third-order valence-electron chi connectivity index (χ3n) is 4.01. The lowest BCUT2D eigenvalue weighted by atomic mass is 10.0. The fourth-order valence-corrected chi connectivity index (χ4v) is 2.54. The first kappa shape index (κ1) is 16.8. The van der Waals surface area contributed by atoms with E-state index in [0.29, 0.717) is 6.42 Å². The van der Waals surface area contributed by atoms with Crippen molar-refractivity contribution in [1.82, 2.24) is 0 Å². The molecule has 7 nitrogen and oxygen atoms in total. The number of oxime groups is 1. The molecular weight excluding hydrogens is 324 g/mol. The third kappa shape index (κ3) is 3.88. The second-order valence-corrected chi connectivity index (χ2v) is 5.69. The molecule has 3 rings (SSSR count). The molecule has 0 aliphatic carbocycles. The summed E-state index contributed by atoms with van der Waals surface area (Å²) in [5, 5.41) is 14.8. The predicted molar refractivity (Wildman–Crippen MR) is 92.2 cm³/mol. The van der Waals surface area contributed by atoms with E-state index in [4.69, 9.17) is 14.3 Å². The van der Waals surface area contributed by atoms with E-state index in [2.05, 4.69) is 5.16 Å². The number of ether oxygens (including phenoxy) is 2. The van der Waals surface area contributed by atoms with E-state index in [-0.39, 0.29) is 17.9 Å². The van der Waals surface area contributed by atoms with Crippen LogP contribution >= 0.6 is 0 Å². The molecule has 7 heteroatoms. The third-order valence-corrected chi connectivity index (χ3v) is 4.01. The normalized spacial score (nSPS) is 17.4. The first-order chi connectivity index (χ1) is 12.1. The van der Waals surface area contributed by atoms with Crippen LogP contribution in [0.15, 0.2) is 53.7 Å². The van der Waals surface area contributed by atoms with Crippen LogP contribution in [0.4, 0.5) is 5.69 Å². The zero-order chi connectivity index (χ0) is 17.8. The Labute approximate surface area is 145 Å². The fourth-order valence-electron chi connectivity index (χ4n) is 2.54. The van der Waals surface area contributed by atoms with E-state index in [9.17, 15) is 10.1 Å². The van der Waals surface area contributed by atoms with E-state index in [0.717, 1.165) is 22.8 Å². The van der Waals surface area contributed by atoms with Crippen LogP contribution in [0.1, 0.15) is 18.9 Å². The maximum atomic E-state index is 10.7. The van der Waals surface area contributed by atoms with Crippen LogP contribution in [0.2, 0.25) is 0 Å². The van der Waals surface area contributed by atoms with Gasteiger partial charge in [0.15, 0.2) is 6.10 Å². The lowest BCUT2D eigenvalue weighted by Crippen LogP contribution is -2.29. The highest BCUT2D eigenvalue weighted by Gasteiger charge is 2.29. The summed E-state index contributed by atoms with van der Waals surface area (Å²) in [5.74, 6) is 1.49. The van der Waals surface area contributed by atoms with Gasteiger partial charge in [-0.15, -0.1) is 0 Å². The van der Waals surface area contributed by atoms with Gasteiger partial charge in [-0.3, -0.25) is 10.1 Å². The summed E-state index contributed by atoms with van der Waals surface area (Å²) in [5.41, 5.74) is 1.62. The minimum Gasteiger partial charge on any atom is -0.497 e. The van der Waals surface area contributed by atoms with Gasteiger partial charge in [-0.25, -0.2) is 0 Å². The summed E-state index contributed by atoms with van der Waals surface area (Å²) in [6.45, 7) is 1.92. The average molecular weight is 342 g/mol. The van der Waals surface area contributed by atoms with Gasteiger partial charge in [-0.1, -0.05) is 5.16 Å². The van der Waals surface area contributed by atoms with Crippen molar-refractivity contribution >= 4 is 11.4 Å². The highest BCUT2D eigenvalue weighted by Crippen LogP contribution is 2.24. The van der Waals surface area contributed by atoms with Crippen molar-refractivity contribution in [2.75, 3.05) is 7.11 Å². The minimum atomic E-state index is -0.426. The molecule has 2 aromatic carbocycles. The summed E-state index contributed by atoms with van der Waals surface area (Å²) < 4.78 is 11.0. The Bertz CT molecular complexity index is 771. The van der Waals surface area contributed by atoms with Gasteiger partial charge in [0.2, 0.25) is 0 Å².